The molecule has 0 fully saturated rings. The molecule has 1 atom stereocenters. The first-order valence-corrected chi connectivity index (χ1v) is 10.9. The van der Waals surface area contributed by atoms with Crippen LogP contribution in [0.2, 0.25) is 0 Å². The van der Waals surface area contributed by atoms with Gasteiger partial charge >= 0.3 is 24.8 Å². The van der Waals surface area contributed by atoms with Crippen molar-refractivity contribution >= 4 is 17.7 Å². The molecule has 1 aromatic heterocycles. The quantitative estimate of drug-likeness (QED) is 0.337. The van der Waals surface area contributed by atoms with Gasteiger partial charge in [0.1, 0.15) is 11.4 Å². The predicted octanol–water partition coefficient (Wildman–Crippen LogP) is 0.437. The van der Waals surface area contributed by atoms with E-state index < -0.39 is 11.6 Å². The Bertz CT molecular complexity index is 663. The zero-order valence-corrected chi connectivity index (χ0v) is 20.8. The SMILES string of the molecule is [CH2-]CCCc1ccc2c(n1)NCCC2.[CH2-]CNC(C)=O.[CH2-]C[C@H](N)C(=O)OC(C)(C)C.[Li+]. The van der Waals surface area contributed by atoms with E-state index in [9.17, 15) is 9.59 Å². The number of carbonyl (C=O) groups excluding carboxylic acids is 2. The number of nitrogens with one attached hydrogen (secondary N) is 2. The van der Waals surface area contributed by atoms with E-state index in [-0.39, 0.29) is 30.7 Å². The second-order valence-electron chi connectivity index (χ2n) is 8.21. The molecule has 0 aromatic carbocycles. The number of aryl methyl sites for hydroxylation is 2. The molecule has 7 nitrogen and oxygen atoms in total. The first-order valence-electron chi connectivity index (χ1n) is 10.9. The maximum Gasteiger partial charge on any atom is 1.00 e. The fourth-order valence-electron chi connectivity index (χ4n) is 2.49. The van der Waals surface area contributed by atoms with Crippen molar-refractivity contribution in [2.75, 3.05) is 18.4 Å². The molecular formula is C24H41LiN4O3-2. The minimum atomic E-state index is -0.589. The van der Waals surface area contributed by atoms with Gasteiger partial charge in [-0.15, -0.1) is 6.54 Å². The number of ether oxygens (including phenoxy) is 1. The summed E-state index contributed by atoms with van der Waals surface area (Å²) in [6.07, 6.45) is 5.95. The zero-order valence-electron chi connectivity index (χ0n) is 20.8. The second kappa shape index (κ2) is 17.9. The number of pyridine rings is 1. The van der Waals surface area contributed by atoms with Gasteiger partial charge in [0, 0.05) is 19.2 Å². The number of nitrogens with zero attached hydrogens (tertiary/aromatic N) is 1. The molecule has 0 bridgehead atoms. The maximum absolute atomic E-state index is 11.0. The minimum Gasteiger partial charge on any atom is -0.459 e. The summed E-state index contributed by atoms with van der Waals surface area (Å²) in [6.45, 7) is 19.2. The van der Waals surface area contributed by atoms with Crippen molar-refractivity contribution in [3.05, 3.63) is 44.2 Å². The molecule has 4 N–H and O–H groups in total. The van der Waals surface area contributed by atoms with Crippen molar-refractivity contribution in [2.24, 2.45) is 5.73 Å². The molecule has 2 rings (SSSR count). The van der Waals surface area contributed by atoms with E-state index in [1.165, 1.54) is 31.0 Å². The summed E-state index contributed by atoms with van der Waals surface area (Å²) < 4.78 is 4.99. The number of amides is 1. The van der Waals surface area contributed by atoms with Crippen molar-refractivity contribution in [1.82, 2.24) is 10.3 Å². The van der Waals surface area contributed by atoms with Gasteiger partial charge in [-0.25, -0.2) is 4.98 Å². The summed E-state index contributed by atoms with van der Waals surface area (Å²) in [6, 6.07) is 3.78. The Balaban J connectivity index is 0. The molecule has 0 radical (unpaired) electrons. The monoisotopic (exact) mass is 440 g/mol. The normalized spacial score (nSPS) is 12.8. The van der Waals surface area contributed by atoms with E-state index in [0.29, 0.717) is 13.0 Å². The molecule has 1 aliphatic rings. The largest absolute Gasteiger partial charge is 1.00 e. The van der Waals surface area contributed by atoms with Crippen molar-refractivity contribution in [3.63, 3.8) is 0 Å². The number of carbonyl (C=O) groups is 2. The van der Waals surface area contributed by atoms with Crippen LogP contribution in [0.3, 0.4) is 0 Å². The smallest absolute Gasteiger partial charge is 0.459 e. The molecule has 1 aromatic rings. The molecule has 8 heteroatoms. The van der Waals surface area contributed by atoms with Gasteiger partial charge in [0.2, 0.25) is 5.91 Å². The number of hydrogen-bond donors (Lipinski definition) is 3. The number of unbranched alkanes of at least 4 members (excludes halogenated alkanes) is 1. The Kier molecular flexibility index (Phi) is 18.3. The van der Waals surface area contributed by atoms with E-state index in [1.807, 2.05) is 0 Å². The molecule has 0 saturated heterocycles. The summed E-state index contributed by atoms with van der Waals surface area (Å²) >= 11 is 0. The molecule has 2 heterocycles. The van der Waals surface area contributed by atoms with Crippen LogP contribution in [0.1, 0.15) is 64.6 Å². The van der Waals surface area contributed by atoms with Crippen LogP contribution in [0.4, 0.5) is 5.82 Å². The Morgan fingerprint density at radius 2 is 1.94 bits per heavy atom. The van der Waals surface area contributed by atoms with Crippen molar-refractivity contribution in [1.29, 1.82) is 0 Å². The third-order valence-corrected chi connectivity index (χ3v) is 4.03. The van der Waals surface area contributed by atoms with Crippen molar-refractivity contribution in [2.45, 2.75) is 77.9 Å². The van der Waals surface area contributed by atoms with Crippen LogP contribution >= 0.6 is 0 Å². The molecule has 1 aliphatic heterocycles. The van der Waals surface area contributed by atoms with Crippen molar-refractivity contribution < 1.29 is 33.2 Å². The molecule has 0 aliphatic carbocycles. The van der Waals surface area contributed by atoms with E-state index in [4.69, 9.17) is 10.5 Å². The van der Waals surface area contributed by atoms with Gasteiger partial charge < -0.3 is 41.9 Å². The van der Waals surface area contributed by atoms with Gasteiger partial charge in [0.05, 0.1) is 6.04 Å². The summed E-state index contributed by atoms with van der Waals surface area (Å²) in [4.78, 5) is 25.5. The third kappa shape index (κ3) is 16.1. The van der Waals surface area contributed by atoms with Gasteiger partial charge in [-0.05, 0) is 51.7 Å². The summed E-state index contributed by atoms with van der Waals surface area (Å²) in [5.41, 5.74) is 7.50. The number of nitrogens with two attached hydrogens (primary N) is 1. The van der Waals surface area contributed by atoms with Gasteiger partial charge in [0.15, 0.2) is 0 Å². The standard InChI is InChI=1S/C12H17N2.C8H16NO2.C4H8NO.Li/c1-2-3-6-11-8-7-10-5-4-9-13-12(10)14-11;1-5-6(9)7(10)11-8(2,3)4;1-3-5-4(2)6;/h7-8H,1-6,9H2,(H,13,14);6H,1,5,9H2,2-4H3;1,3H2,2H3,(H,5,6);/q3*-1;+1/t;6-;;/m.0../s1. The van der Waals surface area contributed by atoms with E-state index >= 15 is 0 Å². The summed E-state index contributed by atoms with van der Waals surface area (Å²) in [5, 5.41) is 5.81. The number of fused-ring (bicyclic) bond motifs is 1. The number of aromatic nitrogens is 1. The van der Waals surface area contributed by atoms with Gasteiger partial charge in [-0.1, -0.05) is 12.5 Å². The summed E-state index contributed by atoms with van der Waals surface area (Å²) in [7, 11) is 0. The fourth-order valence-corrected chi connectivity index (χ4v) is 2.49. The molecule has 0 spiro atoms. The van der Waals surface area contributed by atoms with E-state index in [0.717, 1.165) is 31.6 Å². The van der Waals surface area contributed by atoms with Crippen LogP contribution in [-0.2, 0) is 27.2 Å². The Labute approximate surface area is 207 Å². The Morgan fingerprint density at radius 3 is 2.41 bits per heavy atom. The molecule has 32 heavy (non-hydrogen) atoms. The summed E-state index contributed by atoms with van der Waals surface area (Å²) in [5.74, 6) is 0.704. The van der Waals surface area contributed by atoms with Gasteiger partial charge in [0.25, 0.3) is 0 Å². The number of anilines is 1. The topological polar surface area (TPSA) is 106 Å². The first-order chi connectivity index (χ1) is 14.5. The fraction of sp³-hybridized carbons (Fsp3) is 0.583. The zero-order chi connectivity index (χ0) is 23.9. The number of esters is 1. The van der Waals surface area contributed by atoms with Crippen LogP contribution in [0.15, 0.2) is 12.1 Å². The minimum absolute atomic E-state index is 0. The van der Waals surface area contributed by atoms with Crippen LogP contribution in [-0.4, -0.2) is 41.6 Å². The molecular weight excluding hydrogens is 399 g/mol. The molecule has 1 amide bonds. The molecule has 0 unspecified atom stereocenters. The number of hydrogen-bond acceptors (Lipinski definition) is 6. The average Bonchev–Trinajstić information content (AvgIpc) is 2.71. The van der Waals surface area contributed by atoms with Gasteiger partial charge in [-0.2, -0.15) is 12.8 Å². The Morgan fingerprint density at radius 1 is 1.28 bits per heavy atom. The van der Waals surface area contributed by atoms with E-state index in [2.05, 4.69) is 48.5 Å². The van der Waals surface area contributed by atoms with Crippen LogP contribution < -0.4 is 35.2 Å². The molecule has 0 saturated carbocycles. The van der Waals surface area contributed by atoms with Gasteiger partial charge in [-0.3, -0.25) is 9.59 Å². The van der Waals surface area contributed by atoms with E-state index in [1.54, 1.807) is 20.8 Å². The number of rotatable bonds is 6. The van der Waals surface area contributed by atoms with Crippen LogP contribution in [0, 0.1) is 20.8 Å². The Hall–Kier alpha value is -1.55. The van der Waals surface area contributed by atoms with Crippen molar-refractivity contribution in [3.8, 4) is 0 Å². The second-order valence-corrected chi connectivity index (χ2v) is 8.21. The van der Waals surface area contributed by atoms with Crippen LogP contribution in [0.25, 0.3) is 0 Å². The van der Waals surface area contributed by atoms with Crippen LogP contribution in [0.5, 0.6) is 0 Å². The average molecular weight is 441 g/mol. The maximum atomic E-state index is 11.0. The molecule has 178 valence electrons. The predicted molar refractivity (Wildman–Crippen MR) is 127 cm³/mol. The third-order valence-electron chi connectivity index (χ3n) is 4.03. The first kappa shape index (κ1) is 32.6.